The van der Waals surface area contributed by atoms with Gasteiger partial charge in [0.05, 0.1) is 17.9 Å². The molecule has 2 heterocycles. The second-order valence-electron chi connectivity index (χ2n) is 7.08. The molecule has 2 N–H and O–H groups in total. The molecular weight excluding hydrogens is 364 g/mol. The molecule has 1 aromatic carbocycles. The van der Waals surface area contributed by atoms with Gasteiger partial charge in [-0.1, -0.05) is 30.3 Å². The molecule has 2 aromatic rings. The fourth-order valence-corrected chi connectivity index (χ4v) is 4.54. The van der Waals surface area contributed by atoms with Gasteiger partial charge in [-0.3, -0.25) is 9.69 Å². The van der Waals surface area contributed by atoms with Crippen LogP contribution < -0.4 is 5.73 Å². The molecule has 27 heavy (non-hydrogen) atoms. The van der Waals surface area contributed by atoms with E-state index >= 15 is 0 Å². The predicted molar refractivity (Wildman–Crippen MR) is 103 cm³/mol. The molecule has 0 radical (unpaired) electrons. The third-order valence-corrected chi connectivity index (χ3v) is 5.97. The van der Waals surface area contributed by atoms with Crippen molar-refractivity contribution < 1.29 is 13.2 Å². The van der Waals surface area contributed by atoms with Gasteiger partial charge in [0, 0.05) is 19.3 Å². The number of imidazole rings is 1. The van der Waals surface area contributed by atoms with Crippen LogP contribution >= 0.6 is 0 Å². The second-order valence-corrected chi connectivity index (χ2v) is 8.99. The van der Waals surface area contributed by atoms with E-state index in [2.05, 4.69) is 17.1 Å². The fourth-order valence-electron chi connectivity index (χ4n) is 3.68. The van der Waals surface area contributed by atoms with Gasteiger partial charge in [-0.25, -0.2) is 13.4 Å². The van der Waals surface area contributed by atoms with E-state index in [9.17, 15) is 13.2 Å². The Bertz CT molecular complexity index is 893. The van der Waals surface area contributed by atoms with Crippen molar-refractivity contribution in [2.75, 3.05) is 12.8 Å². The first-order valence-electron chi connectivity index (χ1n) is 9.18. The molecule has 1 saturated heterocycles. The number of hydrogen-bond acceptors (Lipinski definition) is 5. The molecule has 1 atom stereocenters. The molecular formula is C19H26N4O3S. The molecule has 0 bridgehead atoms. The lowest BCUT2D eigenvalue weighted by molar-refractivity contribution is -0.122. The van der Waals surface area contributed by atoms with Gasteiger partial charge in [0.1, 0.15) is 0 Å². The molecule has 1 aliphatic rings. The van der Waals surface area contributed by atoms with Crippen LogP contribution in [-0.2, 0) is 34.1 Å². The van der Waals surface area contributed by atoms with Gasteiger partial charge in [0.15, 0.2) is 0 Å². The summed E-state index contributed by atoms with van der Waals surface area (Å²) in [4.78, 5) is 17.8. The first-order chi connectivity index (χ1) is 12.9. The average molecular weight is 391 g/mol. The lowest BCUT2D eigenvalue weighted by Crippen LogP contribution is -2.40. The molecule has 1 aliphatic heterocycles. The average Bonchev–Trinajstić information content (AvgIpc) is 3.23. The van der Waals surface area contributed by atoms with E-state index in [-0.39, 0.29) is 17.1 Å². The van der Waals surface area contributed by atoms with Crippen LogP contribution in [0.2, 0.25) is 0 Å². The first kappa shape index (κ1) is 19.6. The Balaban J connectivity index is 1.77. The van der Waals surface area contributed by atoms with Crippen LogP contribution in [0.15, 0.2) is 41.7 Å². The minimum absolute atomic E-state index is 0.0837. The third kappa shape index (κ3) is 4.75. The monoisotopic (exact) mass is 390 g/mol. The Morgan fingerprint density at radius 1 is 1.30 bits per heavy atom. The normalized spacial score (nSPS) is 18.0. The molecule has 8 heteroatoms. The number of benzene rings is 1. The van der Waals surface area contributed by atoms with Gasteiger partial charge in [-0.2, -0.15) is 0 Å². The summed E-state index contributed by atoms with van der Waals surface area (Å²) in [5.74, 6) is -0.328. The number of hydrogen-bond donors (Lipinski definition) is 1. The minimum Gasteiger partial charge on any atom is -0.368 e. The van der Waals surface area contributed by atoms with Crippen LogP contribution in [-0.4, -0.2) is 47.6 Å². The van der Waals surface area contributed by atoms with Gasteiger partial charge >= 0.3 is 0 Å². The maximum atomic E-state index is 12.1. The Labute approximate surface area is 160 Å². The van der Waals surface area contributed by atoms with E-state index in [0.717, 1.165) is 37.9 Å². The quantitative estimate of drug-likeness (QED) is 0.734. The maximum absolute atomic E-state index is 12.1. The standard InChI is InChI=1S/C19H26N4O3S/c1-27(25,26)19-21-13-16(14-22-11-6-10-17(22)18(20)24)23(19)12-5-9-15-7-3-2-4-8-15/h2-4,7-8,13,17H,5-6,9-12,14H2,1H3,(H2,20,24)/t17-/m0/s1. The van der Waals surface area contributed by atoms with E-state index < -0.39 is 9.84 Å². The number of primary amides is 1. The maximum Gasteiger partial charge on any atom is 0.234 e. The van der Waals surface area contributed by atoms with E-state index in [4.69, 9.17) is 5.73 Å². The Kier molecular flexibility index (Phi) is 5.96. The first-order valence-corrected chi connectivity index (χ1v) is 11.1. The minimum atomic E-state index is -3.43. The third-order valence-electron chi connectivity index (χ3n) is 4.98. The number of rotatable bonds is 8. The summed E-state index contributed by atoms with van der Waals surface area (Å²) in [5, 5.41) is 0.0837. The van der Waals surface area contributed by atoms with Gasteiger partial charge < -0.3 is 10.3 Å². The van der Waals surface area contributed by atoms with Crippen molar-refractivity contribution in [3.8, 4) is 0 Å². The summed E-state index contributed by atoms with van der Waals surface area (Å²) in [6.07, 6.45) is 6.10. The Hall–Kier alpha value is -2.19. The summed E-state index contributed by atoms with van der Waals surface area (Å²) >= 11 is 0. The van der Waals surface area contributed by atoms with Crippen LogP contribution in [0.3, 0.4) is 0 Å². The van der Waals surface area contributed by atoms with Crippen LogP contribution in [0.25, 0.3) is 0 Å². The number of nitrogens with two attached hydrogens (primary N) is 1. The van der Waals surface area contributed by atoms with Crippen molar-refractivity contribution in [3.05, 3.63) is 47.8 Å². The highest BCUT2D eigenvalue weighted by atomic mass is 32.2. The number of nitrogens with zero attached hydrogens (tertiary/aromatic N) is 3. The van der Waals surface area contributed by atoms with Crippen molar-refractivity contribution in [1.82, 2.24) is 14.5 Å². The zero-order chi connectivity index (χ0) is 19.4. The van der Waals surface area contributed by atoms with E-state index in [1.54, 1.807) is 10.8 Å². The number of likely N-dealkylation sites (tertiary alicyclic amines) is 1. The number of sulfone groups is 1. The molecule has 146 valence electrons. The largest absolute Gasteiger partial charge is 0.368 e. The molecule has 1 aromatic heterocycles. The lowest BCUT2D eigenvalue weighted by Gasteiger charge is -2.22. The molecule has 1 fully saturated rings. The molecule has 0 unspecified atom stereocenters. The highest BCUT2D eigenvalue weighted by Crippen LogP contribution is 2.22. The van der Waals surface area contributed by atoms with Gasteiger partial charge in [0.25, 0.3) is 0 Å². The van der Waals surface area contributed by atoms with Crippen molar-refractivity contribution in [1.29, 1.82) is 0 Å². The number of aryl methyl sites for hydroxylation is 1. The summed E-state index contributed by atoms with van der Waals surface area (Å²) in [6.45, 7) is 1.81. The Morgan fingerprint density at radius 3 is 2.70 bits per heavy atom. The second kappa shape index (κ2) is 8.22. The van der Waals surface area contributed by atoms with Crippen molar-refractivity contribution >= 4 is 15.7 Å². The summed E-state index contributed by atoms with van der Waals surface area (Å²) in [5.41, 5.74) is 7.52. The highest BCUT2D eigenvalue weighted by molar-refractivity contribution is 7.90. The summed E-state index contributed by atoms with van der Waals surface area (Å²) < 4.78 is 26.1. The number of amides is 1. The SMILES string of the molecule is CS(=O)(=O)c1ncc(CN2CCC[C@H]2C(N)=O)n1CCCc1ccccc1. The van der Waals surface area contributed by atoms with Crippen LogP contribution in [0.5, 0.6) is 0 Å². The Morgan fingerprint density at radius 2 is 2.04 bits per heavy atom. The van der Waals surface area contributed by atoms with Crippen LogP contribution in [0, 0.1) is 0 Å². The molecule has 0 saturated carbocycles. The molecule has 0 spiro atoms. The number of aromatic nitrogens is 2. The van der Waals surface area contributed by atoms with Crippen molar-refractivity contribution in [2.24, 2.45) is 5.73 Å². The molecule has 0 aliphatic carbocycles. The topological polar surface area (TPSA) is 98.3 Å². The van der Waals surface area contributed by atoms with Crippen LogP contribution in [0.4, 0.5) is 0 Å². The van der Waals surface area contributed by atoms with Crippen molar-refractivity contribution in [3.63, 3.8) is 0 Å². The predicted octanol–water partition coefficient (Wildman–Crippen LogP) is 1.37. The zero-order valence-electron chi connectivity index (χ0n) is 15.5. The zero-order valence-corrected chi connectivity index (χ0v) is 16.4. The van der Waals surface area contributed by atoms with E-state index in [0.29, 0.717) is 13.1 Å². The lowest BCUT2D eigenvalue weighted by atomic mass is 10.1. The molecule has 7 nitrogen and oxygen atoms in total. The smallest absolute Gasteiger partial charge is 0.234 e. The highest BCUT2D eigenvalue weighted by Gasteiger charge is 2.30. The summed E-state index contributed by atoms with van der Waals surface area (Å²) in [6, 6.07) is 9.81. The molecule has 3 rings (SSSR count). The molecule has 1 amide bonds. The van der Waals surface area contributed by atoms with E-state index in [1.165, 1.54) is 11.8 Å². The van der Waals surface area contributed by atoms with Gasteiger partial charge in [-0.15, -0.1) is 0 Å². The fraction of sp³-hybridized carbons (Fsp3) is 0.474. The number of carbonyl (C=O) groups excluding carboxylic acids is 1. The number of carbonyl (C=O) groups is 1. The summed E-state index contributed by atoms with van der Waals surface area (Å²) in [7, 11) is -3.43. The van der Waals surface area contributed by atoms with Gasteiger partial charge in [-0.05, 0) is 37.8 Å². The van der Waals surface area contributed by atoms with Crippen LogP contribution in [0.1, 0.15) is 30.5 Å². The van der Waals surface area contributed by atoms with E-state index in [1.807, 2.05) is 23.1 Å². The van der Waals surface area contributed by atoms with Gasteiger partial charge in [0.2, 0.25) is 20.9 Å². The van der Waals surface area contributed by atoms with Crippen molar-refractivity contribution in [2.45, 2.75) is 50.0 Å².